The molecule has 0 aromatic carbocycles. The summed E-state index contributed by atoms with van der Waals surface area (Å²) in [5, 5.41) is 0. The standard InChI is InChI=1S/C118/c1-3-5-7-9-11-13-15-17-19-21-23-25-27-29-31-33-35-37-39-41-43-45-47-49-51-53-55-57-59-61-63-65-67-69-71-73-75-77-79-81-83-85-87-89-91-93-95-97-99-101-103-105-107-109-111-113-115-117-118-116-114-112-110-108-106-104-102-100-98-96-94-92-90-88-86-84-82-80-78-76-74-72-70-68-66-64-62-60-58-56-54-52-50-48-46-44-42-40-38-36-34-32-30-28-26-24-22-20-18-16-14-12-10-8-6-4-2/q-2. The predicted octanol–water partition coefficient (Wildman–Crippen LogP) is 0.360. The normalized spacial score (nSPS) is 3.95. The third-order valence-corrected chi connectivity index (χ3v) is 7.19. The van der Waals surface area contributed by atoms with Crippen molar-refractivity contribution in [2.24, 2.45) is 0 Å². The zero-order chi connectivity index (χ0) is 84.0. The molecule has 0 spiro atoms. The lowest BCUT2D eigenvalue weighted by Crippen LogP contribution is -1.57. The van der Waals surface area contributed by atoms with E-state index in [9.17, 15) is 0 Å². The maximum atomic E-state index is 6.59. The largest absolute Gasteiger partial charge is 0.358 e. The van der Waals surface area contributed by atoms with Crippen LogP contribution in [0.3, 0.4) is 0 Å². The topological polar surface area (TPSA) is 0 Å². The van der Waals surface area contributed by atoms with E-state index in [2.05, 4.69) is 675 Å². The Morgan fingerprint density at radius 1 is 0.0424 bits per heavy atom. The SMILES string of the molecule is [C-]#CC#CC#CC#CC#CC#CC#CC#CC#CC#CC#CC#CC#CC#CC#CC#CC#CC#CC#CC#CC#CC#CC#CC#CC#CC#CC#CC#CC#CC#CC#CC#CC#CC#CC#CC#CC#CC#CC#CC#CC#CC#CC#CC#CC#CC#CC#CC#CC#CC#CC#CC#CC#CC#CC#CC#CC#CC#CC#[C-]. The maximum Gasteiger partial charge on any atom is 0 e. The number of hydrogen-bond acceptors (Lipinski definition) is 0. The Bertz CT molecular complexity index is 7900. The van der Waals surface area contributed by atoms with Crippen molar-refractivity contribution in [3.05, 3.63) is 12.8 Å². The van der Waals surface area contributed by atoms with Crippen LogP contribution >= 0.6 is 0 Å². The highest BCUT2D eigenvalue weighted by molar-refractivity contribution is 5.58. The molecule has 474 valence electrons. The molecule has 0 bridgehead atoms. The summed E-state index contributed by atoms with van der Waals surface area (Å²) >= 11 is 0. The molecule has 0 saturated carbocycles. The molecule has 0 amide bonds. The van der Waals surface area contributed by atoms with E-state index >= 15 is 0 Å². The molecule has 0 aromatic heterocycles. The molecule has 0 aliphatic heterocycles. The van der Waals surface area contributed by atoms with Crippen molar-refractivity contribution in [2.45, 2.75) is 0 Å². The van der Waals surface area contributed by atoms with Gasteiger partial charge in [0.1, 0.15) is 0 Å². The first-order valence-electron chi connectivity index (χ1n) is 29.2. The quantitative estimate of drug-likeness (QED) is 0.244. The second-order valence-electron chi connectivity index (χ2n) is 14.5. The summed E-state index contributed by atoms with van der Waals surface area (Å²) in [4.78, 5) is 0. The van der Waals surface area contributed by atoms with Gasteiger partial charge in [0.15, 0.2) is 0 Å². The van der Waals surface area contributed by atoms with E-state index in [-0.39, 0.29) is 0 Å². The lowest BCUT2D eigenvalue weighted by molar-refractivity contribution is 2.31. The first-order chi connectivity index (χ1) is 58.9. The van der Waals surface area contributed by atoms with Crippen LogP contribution in [0.5, 0.6) is 0 Å². The van der Waals surface area contributed by atoms with Gasteiger partial charge in [-0.1, -0.05) is 0 Å². The van der Waals surface area contributed by atoms with Crippen LogP contribution in [0.4, 0.5) is 0 Å². The Balaban J connectivity index is 4.65. The monoisotopic (exact) mass is 1420 g/mol. The van der Waals surface area contributed by atoms with E-state index < -0.39 is 0 Å². The maximum absolute atomic E-state index is 6.59. The Morgan fingerprint density at radius 2 is 0.0678 bits per heavy atom. The fourth-order valence-corrected chi connectivity index (χ4v) is 3.56. The average molecular weight is 1420 g/mol. The minimum absolute atomic E-state index is 1.87. The Hall–Kier alpha value is -26.0. The summed E-state index contributed by atoms with van der Waals surface area (Å²) in [7, 11) is 0. The fourth-order valence-electron chi connectivity index (χ4n) is 3.56. The third kappa shape index (κ3) is 90.0. The average Bonchev–Trinajstić information content (AvgIpc) is 2.20. The van der Waals surface area contributed by atoms with Gasteiger partial charge in [-0.15, -0.1) is 11.8 Å². The summed E-state index contributed by atoms with van der Waals surface area (Å²) in [6.45, 7) is 0. The van der Waals surface area contributed by atoms with Crippen LogP contribution in [0, 0.1) is 700 Å². The van der Waals surface area contributed by atoms with Crippen molar-refractivity contribution >= 4 is 0 Å². The van der Waals surface area contributed by atoms with Crippen LogP contribution in [-0.4, -0.2) is 0 Å². The second-order valence-corrected chi connectivity index (χ2v) is 14.5. The van der Waals surface area contributed by atoms with Crippen LogP contribution in [0.15, 0.2) is 0 Å². The molecule has 0 aliphatic carbocycles. The molecule has 0 N–H and O–H groups in total. The summed E-state index contributed by atoms with van der Waals surface area (Å²) in [5.74, 6) is 287. The van der Waals surface area contributed by atoms with Gasteiger partial charge in [-0.25, -0.2) is 11.8 Å². The van der Waals surface area contributed by atoms with E-state index in [4.69, 9.17) is 12.8 Å². The molecule has 0 radical (unpaired) electrons. The summed E-state index contributed by atoms with van der Waals surface area (Å²) in [6.07, 6.45) is 13.2. The Morgan fingerprint density at radius 3 is 0.0932 bits per heavy atom. The molecule has 0 rings (SSSR count). The van der Waals surface area contributed by atoms with Crippen LogP contribution in [0.1, 0.15) is 0 Å². The molecule has 0 heterocycles. The first-order valence-corrected chi connectivity index (χ1v) is 29.2. The minimum atomic E-state index is 1.87. The van der Waals surface area contributed by atoms with Crippen molar-refractivity contribution in [1.29, 1.82) is 0 Å². The molecule has 0 fully saturated rings. The Labute approximate surface area is 694 Å². The molecule has 0 saturated heterocycles. The molecular formula is C118-2. The van der Waals surface area contributed by atoms with Crippen molar-refractivity contribution in [2.75, 3.05) is 0 Å². The molecule has 0 aromatic rings. The van der Waals surface area contributed by atoms with Crippen LogP contribution in [-0.2, 0) is 0 Å². The van der Waals surface area contributed by atoms with Gasteiger partial charge in [0.05, 0.1) is 0 Å². The van der Waals surface area contributed by atoms with Gasteiger partial charge in [0.2, 0.25) is 0 Å². The van der Waals surface area contributed by atoms with E-state index in [1.54, 1.807) is 0 Å². The number of rotatable bonds is 0. The zero-order valence-electron chi connectivity index (χ0n) is 59.0. The van der Waals surface area contributed by atoms with E-state index in [0.717, 1.165) is 0 Å². The van der Waals surface area contributed by atoms with Gasteiger partial charge in [-0.3, -0.25) is 11.8 Å². The van der Waals surface area contributed by atoms with Crippen LogP contribution in [0.25, 0.3) is 0 Å². The molecule has 118 heavy (non-hydrogen) atoms. The molecular weight excluding hydrogens is 1420 g/mol. The molecule has 0 unspecified atom stereocenters. The lowest BCUT2D eigenvalue weighted by atomic mass is 10.4. The van der Waals surface area contributed by atoms with E-state index in [1.807, 2.05) is 11.8 Å². The van der Waals surface area contributed by atoms with Crippen molar-refractivity contribution < 1.29 is 0 Å². The minimum Gasteiger partial charge on any atom is -0.358 e. The summed E-state index contributed by atoms with van der Waals surface area (Å²) < 4.78 is 0. The van der Waals surface area contributed by atoms with Gasteiger partial charge in [-0.05, 0) is 94.7 Å². The van der Waals surface area contributed by atoms with E-state index in [1.165, 1.54) is 0 Å². The zero-order valence-corrected chi connectivity index (χ0v) is 59.0. The van der Waals surface area contributed by atoms with Gasteiger partial charge >= 0.3 is 0 Å². The van der Waals surface area contributed by atoms with Crippen molar-refractivity contribution in [3.63, 3.8) is 0 Å². The molecule has 0 aliphatic rings. The lowest BCUT2D eigenvalue weighted by Gasteiger charge is -1.63. The fraction of sp³-hybridized carbons (Fsp3) is 0. The highest BCUT2D eigenvalue weighted by atomic mass is 13.7. The first kappa shape index (κ1) is 92.0. The molecule has 0 heteroatoms. The Kier molecular flexibility index (Phi) is 71.0. The second kappa shape index (κ2) is 91.0. The van der Waals surface area contributed by atoms with Crippen molar-refractivity contribution in [1.82, 2.24) is 0 Å². The van der Waals surface area contributed by atoms with Gasteiger partial charge < -0.3 is 12.8 Å². The highest BCUT2D eigenvalue weighted by Gasteiger charge is 1.68. The van der Waals surface area contributed by atoms with E-state index in [0.29, 0.717) is 0 Å². The third-order valence-electron chi connectivity index (χ3n) is 7.19. The smallest absolute Gasteiger partial charge is 0 e. The predicted molar refractivity (Wildman–Crippen MR) is 457 cm³/mol. The number of hydrogen-bond donors (Lipinski definition) is 0. The summed E-state index contributed by atoms with van der Waals surface area (Å²) in [6, 6.07) is 0. The van der Waals surface area contributed by atoms with Gasteiger partial charge in [-0.2, -0.15) is 0 Å². The molecule has 0 nitrogen and oxygen atoms in total. The van der Waals surface area contributed by atoms with Crippen LogP contribution in [0.2, 0.25) is 0 Å². The van der Waals surface area contributed by atoms with Gasteiger partial charge in [0.25, 0.3) is 0 Å². The van der Waals surface area contributed by atoms with Gasteiger partial charge in [0, 0.05) is 557 Å². The van der Waals surface area contributed by atoms with Crippen molar-refractivity contribution in [3.8, 4) is 687 Å². The summed E-state index contributed by atoms with van der Waals surface area (Å²) in [5.41, 5.74) is 0. The highest BCUT2D eigenvalue weighted by Crippen LogP contribution is 1.69. The van der Waals surface area contributed by atoms with Crippen LogP contribution < -0.4 is 0 Å². The molecule has 0 atom stereocenters.